The van der Waals surface area contributed by atoms with Crippen LogP contribution in [0.2, 0.25) is 0 Å². The first kappa shape index (κ1) is 22.1. The van der Waals surface area contributed by atoms with Crippen LogP contribution in [-0.4, -0.2) is 10.5 Å². The van der Waals surface area contributed by atoms with Gasteiger partial charge < -0.3 is 9.88 Å². The van der Waals surface area contributed by atoms with Crippen LogP contribution in [0.5, 0.6) is 0 Å². The van der Waals surface area contributed by atoms with Crippen molar-refractivity contribution in [3.63, 3.8) is 0 Å². The molecule has 1 amide bonds. The molecule has 0 aliphatic carbocycles. The Morgan fingerprint density at radius 2 is 1.74 bits per heavy atom. The molecule has 0 spiro atoms. The van der Waals surface area contributed by atoms with Gasteiger partial charge in [-0.3, -0.25) is 4.79 Å². The highest BCUT2D eigenvalue weighted by atomic mass is 16.1. The minimum atomic E-state index is -0.406. The number of carbonyl (C=O) groups is 1. The summed E-state index contributed by atoms with van der Waals surface area (Å²) >= 11 is 0. The van der Waals surface area contributed by atoms with Crippen molar-refractivity contribution >= 4 is 17.7 Å². The Labute approximate surface area is 184 Å². The fourth-order valence-electron chi connectivity index (χ4n) is 3.66. The van der Waals surface area contributed by atoms with Crippen molar-refractivity contribution in [1.82, 2.24) is 4.57 Å². The lowest BCUT2D eigenvalue weighted by Gasteiger charge is -2.11. The Hall–Kier alpha value is -3.58. The summed E-state index contributed by atoms with van der Waals surface area (Å²) in [5.41, 5.74) is 7.20. The predicted molar refractivity (Wildman–Crippen MR) is 127 cm³/mol. The summed E-state index contributed by atoms with van der Waals surface area (Å²) in [6.07, 6.45) is 5.14. The number of nitrogens with one attached hydrogen (secondary N) is 1. The minimum Gasteiger partial charge on any atom is -0.321 e. The summed E-state index contributed by atoms with van der Waals surface area (Å²) in [5.74, 6) is -0.406. The summed E-state index contributed by atoms with van der Waals surface area (Å²) in [6.45, 7) is 8.23. The van der Waals surface area contributed by atoms with E-state index in [1.807, 2.05) is 57.2 Å². The molecule has 0 saturated carbocycles. The highest BCUT2D eigenvalue weighted by Gasteiger charge is 2.14. The number of aryl methyl sites for hydroxylation is 3. The first-order valence-corrected chi connectivity index (χ1v) is 10.7. The lowest BCUT2D eigenvalue weighted by Crippen LogP contribution is -2.13. The van der Waals surface area contributed by atoms with Gasteiger partial charge in [0.05, 0.1) is 0 Å². The number of benzene rings is 2. The molecule has 4 heteroatoms. The van der Waals surface area contributed by atoms with Gasteiger partial charge in [-0.05, 0) is 81.1 Å². The number of unbranched alkanes of at least 4 members (excludes halogenated alkanes) is 1. The lowest BCUT2D eigenvalue weighted by molar-refractivity contribution is -0.112. The highest BCUT2D eigenvalue weighted by Crippen LogP contribution is 2.24. The number of rotatable bonds is 7. The van der Waals surface area contributed by atoms with E-state index in [4.69, 9.17) is 0 Å². The molecule has 0 aliphatic heterocycles. The number of aromatic nitrogens is 1. The molecule has 31 heavy (non-hydrogen) atoms. The van der Waals surface area contributed by atoms with Gasteiger partial charge in [-0.15, -0.1) is 0 Å². The third-order valence-corrected chi connectivity index (χ3v) is 5.46. The zero-order chi connectivity index (χ0) is 22.4. The van der Waals surface area contributed by atoms with Crippen molar-refractivity contribution in [3.8, 4) is 11.8 Å². The van der Waals surface area contributed by atoms with Crippen LogP contribution in [0.3, 0.4) is 0 Å². The molecule has 0 atom stereocenters. The number of anilines is 1. The Morgan fingerprint density at radius 1 is 1.06 bits per heavy atom. The SMILES string of the molecule is CCCCc1ccc(-n2c(C)cc(/C=C(/C#N)C(=O)Nc3ccc(C)cc3)c2C)cc1. The lowest BCUT2D eigenvalue weighted by atomic mass is 10.1. The molecule has 4 nitrogen and oxygen atoms in total. The molecule has 1 aromatic heterocycles. The van der Waals surface area contributed by atoms with E-state index >= 15 is 0 Å². The molecule has 0 aliphatic rings. The van der Waals surface area contributed by atoms with E-state index in [1.54, 1.807) is 6.08 Å². The van der Waals surface area contributed by atoms with E-state index in [2.05, 4.69) is 41.1 Å². The van der Waals surface area contributed by atoms with E-state index in [1.165, 1.54) is 18.4 Å². The van der Waals surface area contributed by atoms with Gasteiger partial charge in [0.2, 0.25) is 0 Å². The largest absolute Gasteiger partial charge is 0.321 e. The maximum atomic E-state index is 12.6. The van der Waals surface area contributed by atoms with Crippen LogP contribution in [0, 0.1) is 32.1 Å². The molecule has 2 aromatic carbocycles. The zero-order valence-electron chi connectivity index (χ0n) is 18.7. The van der Waals surface area contributed by atoms with E-state index in [0.717, 1.165) is 34.6 Å². The van der Waals surface area contributed by atoms with E-state index in [-0.39, 0.29) is 5.57 Å². The highest BCUT2D eigenvalue weighted by molar-refractivity contribution is 6.09. The van der Waals surface area contributed by atoms with Crippen LogP contribution in [0.15, 0.2) is 60.2 Å². The van der Waals surface area contributed by atoms with Crippen molar-refractivity contribution in [2.45, 2.75) is 47.0 Å². The first-order chi connectivity index (χ1) is 14.9. The number of amides is 1. The number of hydrogen-bond donors (Lipinski definition) is 1. The minimum absolute atomic E-state index is 0.0794. The monoisotopic (exact) mass is 411 g/mol. The number of nitrogens with zero attached hydrogens (tertiary/aromatic N) is 2. The fourth-order valence-corrected chi connectivity index (χ4v) is 3.66. The van der Waals surface area contributed by atoms with Crippen LogP contribution in [0.25, 0.3) is 11.8 Å². The Morgan fingerprint density at radius 3 is 2.35 bits per heavy atom. The summed E-state index contributed by atoms with van der Waals surface area (Å²) in [5, 5.41) is 12.4. The average molecular weight is 412 g/mol. The molecule has 1 N–H and O–H groups in total. The van der Waals surface area contributed by atoms with Crippen LogP contribution >= 0.6 is 0 Å². The molecule has 3 aromatic rings. The second-order valence-electron chi connectivity index (χ2n) is 7.92. The van der Waals surface area contributed by atoms with Crippen molar-refractivity contribution in [1.29, 1.82) is 5.26 Å². The van der Waals surface area contributed by atoms with Gasteiger partial charge in [-0.1, -0.05) is 43.2 Å². The topological polar surface area (TPSA) is 57.8 Å². The smallest absolute Gasteiger partial charge is 0.266 e. The van der Waals surface area contributed by atoms with Crippen LogP contribution in [0.4, 0.5) is 5.69 Å². The van der Waals surface area contributed by atoms with Gasteiger partial charge in [-0.2, -0.15) is 5.26 Å². The maximum absolute atomic E-state index is 12.6. The van der Waals surface area contributed by atoms with E-state index in [0.29, 0.717) is 5.69 Å². The van der Waals surface area contributed by atoms with Crippen LogP contribution in [0.1, 0.15) is 47.8 Å². The van der Waals surface area contributed by atoms with Gasteiger partial charge in [0.15, 0.2) is 0 Å². The molecule has 1 heterocycles. The molecule has 3 rings (SSSR count). The van der Waals surface area contributed by atoms with E-state index < -0.39 is 5.91 Å². The van der Waals surface area contributed by atoms with Crippen LogP contribution < -0.4 is 5.32 Å². The van der Waals surface area contributed by atoms with Gasteiger partial charge >= 0.3 is 0 Å². The molecular formula is C27H29N3O. The third-order valence-electron chi connectivity index (χ3n) is 5.46. The predicted octanol–water partition coefficient (Wildman–Crippen LogP) is 6.29. The van der Waals surface area contributed by atoms with E-state index in [9.17, 15) is 10.1 Å². The summed E-state index contributed by atoms with van der Waals surface area (Å²) in [7, 11) is 0. The molecule has 0 unspecified atom stereocenters. The Bertz CT molecular complexity index is 1130. The molecule has 0 saturated heterocycles. The van der Waals surface area contributed by atoms with Crippen molar-refractivity contribution in [2.24, 2.45) is 0 Å². The van der Waals surface area contributed by atoms with Crippen LogP contribution in [-0.2, 0) is 11.2 Å². The molecule has 0 radical (unpaired) electrons. The quantitative estimate of drug-likeness (QED) is 0.367. The maximum Gasteiger partial charge on any atom is 0.266 e. The summed E-state index contributed by atoms with van der Waals surface area (Å²) in [6, 6.07) is 20.2. The normalized spacial score (nSPS) is 11.3. The molecule has 158 valence electrons. The molecular weight excluding hydrogens is 382 g/mol. The molecule has 0 bridgehead atoms. The Kier molecular flexibility index (Phi) is 7.10. The van der Waals surface area contributed by atoms with Gasteiger partial charge in [-0.25, -0.2) is 0 Å². The summed E-state index contributed by atoms with van der Waals surface area (Å²) in [4.78, 5) is 12.6. The average Bonchev–Trinajstić information content (AvgIpc) is 3.05. The van der Waals surface area contributed by atoms with Gasteiger partial charge in [0.1, 0.15) is 11.6 Å². The number of carbonyl (C=O) groups excluding carboxylic acids is 1. The van der Waals surface area contributed by atoms with Gasteiger partial charge in [0.25, 0.3) is 5.91 Å². The second kappa shape index (κ2) is 9.95. The number of nitriles is 1. The summed E-state index contributed by atoms with van der Waals surface area (Å²) < 4.78 is 2.16. The first-order valence-electron chi connectivity index (χ1n) is 10.7. The zero-order valence-corrected chi connectivity index (χ0v) is 18.7. The number of hydrogen-bond acceptors (Lipinski definition) is 2. The van der Waals surface area contributed by atoms with Crippen molar-refractivity contribution in [2.75, 3.05) is 5.32 Å². The van der Waals surface area contributed by atoms with Crippen molar-refractivity contribution < 1.29 is 4.79 Å². The standard InChI is InChI=1S/C27H29N3O/c1-5-6-7-22-10-14-26(15-11-22)30-20(3)16-23(21(30)4)17-24(18-28)27(31)29-25-12-8-19(2)9-13-25/h8-17H,5-7H2,1-4H3,(H,29,31)/b24-17-. The second-order valence-corrected chi connectivity index (χ2v) is 7.92. The van der Waals surface area contributed by atoms with Gasteiger partial charge in [0, 0.05) is 22.8 Å². The Balaban J connectivity index is 1.85. The third kappa shape index (κ3) is 5.32. The molecule has 0 fully saturated rings. The fraction of sp³-hybridized carbons (Fsp3) is 0.259. The van der Waals surface area contributed by atoms with Crippen molar-refractivity contribution in [3.05, 3.63) is 88.2 Å².